The van der Waals surface area contributed by atoms with Crippen LogP contribution in [-0.2, 0) is 10.1 Å². The Morgan fingerprint density at radius 3 is 2.30 bits per heavy atom. The molecule has 0 bridgehead atoms. The van der Waals surface area contributed by atoms with Crippen molar-refractivity contribution in [3.63, 3.8) is 0 Å². The summed E-state index contributed by atoms with van der Waals surface area (Å²) in [6, 6.07) is 13.2. The zero-order valence-corrected chi connectivity index (χ0v) is 14.3. The molecule has 0 N–H and O–H groups in total. The zero-order chi connectivity index (χ0) is 16.6. The van der Waals surface area contributed by atoms with Crippen LogP contribution in [0.2, 0.25) is 10.0 Å². The highest BCUT2D eigenvalue weighted by Crippen LogP contribution is 2.33. The number of halogens is 2. The number of hydrogen-bond donors (Lipinski definition) is 0. The summed E-state index contributed by atoms with van der Waals surface area (Å²) in [4.78, 5) is 4.09. The Balaban J connectivity index is 2.13. The second kappa shape index (κ2) is 6.00. The van der Waals surface area contributed by atoms with E-state index in [9.17, 15) is 8.42 Å². The predicted molar refractivity (Wildman–Crippen MR) is 90.8 cm³/mol. The van der Waals surface area contributed by atoms with Gasteiger partial charge in [-0.25, -0.2) is 4.98 Å². The Kier molecular flexibility index (Phi) is 4.19. The number of rotatable bonds is 3. The van der Waals surface area contributed by atoms with Gasteiger partial charge in [-0.15, -0.1) is 0 Å². The second-order valence-electron chi connectivity index (χ2n) is 4.87. The van der Waals surface area contributed by atoms with E-state index in [1.807, 2.05) is 25.1 Å². The average Bonchev–Trinajstić information content (AvgIpc) is 2.47. The van der Waals surface area contributed by atoms with Crippen LogP contribution in [0.1, 0.15) is 5.69 Å². The maximum absolute atomic E-state index is 12.6. The largest absolute Gasteiger partial charge is 0.377 e. The quantitative estimate of drug-likeness (QED) is 0.633. The minimum Gasteiger partial charge on any atom is -0.377 e. The molecule has 3 aromatic rings. The van der Waals surface area contributed by atoms with Crippen molar-refractivity contribution in [2.24, 2.45) is 0 Å². The number of hydrogen-bond acceptors (Lipinski definition) is 4. The minimum absolute atomic E-state index is 0.00174. The van der Waals surface area contributed by atoms with Gasteiger partial charge in [-0.1, -0.05) is 47.5 Å². The molecule has 0 amide bonds. The summed E-state index contributed by atoms with van der Waals surface area (Å²) in [6.07, 6.45) is 0. The normalized spacial score (nSPS) is 11.6. The van der Waals surface area contributed by atoms with Gasteiger partial charge in [-0.05, 0) is 31.2 Å². The van der Waals surface area contributed by atoms with Crippen LogP contribution in [-0.4, -0.2) is 13.4 Å². The number of fused-ring (bicyclic) bond motifs is 1. The summed E-state index contributed by atoms with van der Waals surface area (Å²) in [5.41, 5.74) is 1.21. The van der Waals surface area contributed by atoms with Crippen molar-refractivity contribution in [3.8, 4) is 5.75 Å². The summed E-state index contributed by atoms with van der Waals surface area (Å²) in [7, 11) is -4.18. The molecule has 0 saturated carbocycles. The van der Waals surface area contributed by atoms with Gasteiger partial charge in [-0.2, -0.15) is 8.42 Å². The predicted octanol–water partition coefficient (Wildman–Crippen LogP) is 4.62. The van der Waals surface area contributed by atoms with Crippen LogP contribution in [0.3, 0.4) is 0 Å². The first-order valence-electron chi connectivity index (χ1n) is 6.63. The van der Waals surface area contributed by atoms with E-state index in [2.05, 4.69) is 4.98 Å². The van der Waals surface area contributed by atoms with Crippen molar-refractivity contribution in [1.82, 2.24) is 4.98 Å². The Morgan fingerprint density at radius 2 is 1.61 bits per heavy atom. The second-order valence-corrected chi connectivity index (χ2v) is 7.17. The molecular formula is C16H11Cl2NO3S. The first-order chi connectivity index (χ1) is 10.9. The van der Waals surface area contributed by atoms with Gasteiger partial charge in [0.1, 0.15) is 10.4 Å². The van der Waals surface area contributed by atoms with Crippen molar-refractivity contribution in [3.05, 3.63) is 64.3 Å². The van der Waals surface area contributed by atoms with Crippen LogP contribution in [0, 0.1) is 6.92 Å². The summed E-state index contributed by atoms with van der Waals surface area (Å²) < 4.78 is 30.4. The highest BCUT2D eigenvalue weighted by atomic mass is 35.5. The number of benzene rings is 2. The van der Waals surface area contributed by atoms with E-state index in [1.54, 1.807) is 12.1 Å². The van der Waals surface area contributed by atoms with Crippen molar-refractivity contribution < 1.29 is 12.6 Å². The maximum atomic E-state index is 12.6. The topological polar surface area (TPSA) is 56.3 Å². The lowest BCUT2D eigenvalue weighted by Crippen LogP contribution is -2.11. The third-order valence-electron chi connectivity index (χ3n) is 3.19. The number of aryl methyl sites for hydroxylation is 1. The van der Waals surface area contributed by atoms with Crippen LogP contribution >= 0.6 is 23.2 Å². The Labute approximate surface area is 143 Å². The van der Waals surface area contributed by atoms with E-state index in [-0.39, 0.29) is 20.7 Å². The zero-order valence-electron chi connectivity index (χ0n) is 12.0. The molecule has 0 aliphatic rings. The van der Waals surface area contributed by atoms with E-state index < -0.39 is 10.1 Å². The molecule has 1 aromatic heterocycles. The van der Waals surface area contributed by atoms with Crippen LogP contribution in [0.5, 0.6) is 5.75 Å². The van der Waals surface area contributed by atoms with Crippen molar-refractivity contribution >= 4 is 44.2 Å². The SMILES string of the molecule is Cc1ccc2cccc(OS(=O)(=O)c3c(Cl)cccc3Cl)c2n1. The first kappa shape index (κ1) is 16.1. The molecule has 3 rings (SSSR count). The van der Waals surface area contributed by atoms with Crippen LogP contribution < -0.4 is 4.18 Å². The summed E-state index contributed by atoms with van der Waals surface area (Å²) in [5.74, 6) is 0.127. The monoisotopic (exact) mass is 367 g/mol. The molecule has 0 atom stereocenters. The van der Waals surface area contributed by atoms with Gasteiger partial charge in [0.2, 0.25) is 0 Å². The van der Waals surface area contributed by atoms with Gasteiger partial charge in [0.15, 0.2) is 5.75 Å². The van der Waals surface area contributed by atoms with Crippen LogP contribution in [0.15, 0.2) is 53.4 Å². The van der Waals surface area contributed by atoms with Gasteiger partial charge in [0, 0.05) is 11.1 Å². The summed E-state index contributed by atoms with van der Waals surface area (Å²) in [6.45, 7) is 1.82. The highest BCUT2D eigenvalue weighted by Gasteiger charge is 2.24. The molecule has 0 aliphatic carbocycles. The Hall–Kier alpha value is -1.82. The van der Waals surface area contributed by atoms with Gasteiger partial charge in [0.25, 0.3) is 0 Å². The van der Waals surface area contributed by atoms with Gasteiger partial charge >= 0.3 is 10.1 Å². The number of aromatic nitrogens is 1. The van der Waals surface area contributed by atoms with E-state index in [4.69, 9.17) is 27.4 Å². The summed E-state index contributed by atoms with van der Waals surface area (Å²) in [5, 5.41) is 0.775. The molecule has 0 unspecified atom stereocenters. The molecule has 4 nitrogen and oxygen atoms in total. The Bertz CT molecular complexity index is 983. The smallest absolute Gasteiger partial charge is 0.342 e. The lowest BCUT2D eigenvalue weighted by atomic mass is 10.2. The van der Waals surface area contributed by atoms with Gasteiger partial charge in [-0.3, -0.25) is 0 Å². The molecule has 0 radical (unpaired) electrons. The minimum atomic E-state index is -4.18. The number of nitrogens with zero attached hydrogens (tertiary/aromatic N) is 1. The molecule has 23 heavy (non-hydrogen) atoms. The van der Waals surface area contributed by atoms with E-state index in [0.717, 1.165) is 11.1 Å². The molecule has 2 aromatic carbocycles. The van der Waals surface area contributed by atoms with E-state index >= 15 is 0 Å². The number of pyridine rings is 1. The van der Waals surface area contributed by atoms with E-state index in [0.29, 0.717) is 5.52 Å². The molecule has 7 heteroatoms. The molecule has 118 valence electrons. The average molecular weight is 368 g/mol. The first-order valence-corrected chi connectivity index (χ1v) is 8.80. The lowest BCUT2D eigenvalue weighted by molar-refractivity contribution is 0.488. The third kappa shape index (κ3) is 3.13. The van der Waals surface area contributed by atoms with Crippen molar-refractivity contribution in [2.45, 2.75) is 11.8 Å². The molecule has 0 fully saturated rings. The molecule has 1 heterocycles. The maximum Gasteiger partial charge on any atom is 0.342 e. The fourth-order valence-corrected chi connectivity index (χ4v) is 4.20. The highest BCUT2D eigenvalue weighted by molar-refractivity contribution is 7.87. The molecule has 0 saturated heterocycles. The van der Waals surface area contributed by atoms with Crippen molar-refractivity contribution in [2.75, 3.05) is 0 Å². The van der Waals surface area contributed by atoms with Crippen LogP contribution in [0.4, 0.5) is 0 Å². The fourth-order valence-electron chi connectivity index (χ4n) is 2.17. The standard InChI is InChI=1S/C16H11Cl2NO3S/c1-10-8-9-11-4-2-7-14(15(11)19-10)22-23(20,21)16-12(17)5-3-6-13(16)18/h2-9H,1H3. The third-order valence-corrected chi connectivity index (χ3v) is 5.38. The fraction of sp³-hybridized carbons (Fsp3) is 0.0625. The lowest BCUT2D eigenvalue weighted by Gasteiger charge is -2.11. The van der Waals surface area contributed by atoms with E-state index in [1.165, 1.54) is 18.2 Å². The number of para-hydroxylation sites is 1. The molecule has 0 aliphatic heterocycles. The summed E-state index contributed by atoms with van der Waals surface area (Å²) >= 11 is 11.9. The Morgan fingerprint density at radius 1 is 0.957 bits per heavy atom. The van der Waals surface area contributed by atoms with Crippen molar-refractivity contribution in [1.29, 1.82) is 0 Å². The van der Waals surface area contributed by atoms with Gasteiger partial charge < -0.3 is 4.18 Å². The molecule has 0 spiro atoms. The molecular weight excluding hydrogens is 357 g/mol. The van der Waals surface area contributed by atoms with Gasteiger partial charge in [0.05, 0.1) is 10.0 Å². The van der Waals surface area contributed by atoms with Crippen LogP contribution in [0.25, 0.3) is 10.9 Å².